The second kappa shape index (κ2) is 16.6. The molecule has 2 aromatic carbocycles. The van der Waals surface area contributed by atoms with Crippen LogP contribution in [-0.4, -0.2) is 51.1 Å². The average molecular weight is 608 g/mol. The standard InChI is InChI=1S/C31H38N5O6P/c32-26(16-22-10-4-1-5-11-22)30(38)36(31(39)41-20-24-14-8-3-9-15-24)27(18-25-19-33-21-34-25)29(37)35-28(42-43-40)17-23-12-6-2-7-13-23/h1,3-5,8-11,14-15,19,21,23,26-28H,2,6-7,12-13,16-18,20,32H2,(H,33,34)(H,35,37). The van der Waals surface area contributed by atoms with Gasteiger partial charge in [0, 0.05) is 18.3 Å². The zero-order chi connectivity index (χ0) is 30.4. The lowest BCUT2D eigenvalue weighted by molar-refractivity contribution is -0.140. The Labute approximate surface area is 252 Å². The molecule has 0 saturated heterocycles. The summed E-state index contributed by atoms with van der Waals surface area (Å²) >= 11 is 0. The number of aromatic nitrogens is 2. The van der Waals surface area contributed by atoms with E-state index in [4.69, 9.17) is 15.0 Å². The van der Waals surface area contributed by atoms with Crippen molar-refractivity contribution in [1.29, 1.82) is 0 Å². The molecule has 1 aliphatic carbocycles. The normalized spacial score (nSPS) is 15.7. The molecule has 0 aliphatic heterocycles. The SMILES string of the molecule is NC(Cc1ccccc1)C(=O)N(C(=O)OCc1ccccc1)C(Cc1cnc[nH]1)C(=O)NC(CC1CCCCC1)OP=O. The first-order valence-electron chi connectivity index (χ1n) is 14.5. The first-order valence-corrected chi connectivity index (χ1v) is 15.3. The molecule has 228 valence electrons. The Bertz CT molecular complexity index is 1300. The number of rotatable bonds is 14. The molecule has 1 saturated carbocycles. The Kier molecular flexibility index (Phi) is 12.4. The molecule has 12 heteroatoms. The Morgan fingerprint density at radius 1 is 1.00 bits per heavy atom. The van der Waals surface area contributed by atoms with Crippen molar-refractivity contribution in [1.82, 2.24) is 20.2 Å². The van der Waals surface area contributed by atoms with Gasteiger partial charge in [-0.1, -0.05) is 92.8 Å². The molecular formula is C31H38N5O6P. The largest absolute Gasteiger partial charge is 0.444 e. The van der Waals surface area contributed by atoms with Crippen LogP contribution in [-0.2, 0) is 42.9 Å². The number of carbonyl (C=O) groups excluding carboxylic acids is 3. The number of nitrogens with zero attached hydrogens (tertiary/aromatic N) is 2. The van der Waals surface area contributed by atoms with Gasteiger partial charge in [-0.2, -0.15) is 0 Å². The topological polar surface area (TPSA) is 157 Å². The summed E-state index contributed by atoms with van der Waals surface area (Å²) in [6.07, 6.45) is 6.86. The first kappa shape index (κ1) is 32.0. The van der Waals surface area contributed by atoms with Crippen LogP contribution in [0.2, 0.25) is 0 Å². The van der Waals surface area contributed by atoms with Gasteiger partial charge in [-0.3, -0.25) is 14.1 Å². The maximum atomic E-state index is 13.9. The molecular weight excluding hydrogens is 569 g/mol. The molecule has 43 heavy (non-hydrogen) atoms. The van der Waals surface area contributed by atoms with Crippen LogP contribution in [0.3, 0.4) is 0 Å². The zero-order valence-electron chi connectivity index (χ0n) is 24.0. The molecule has 3 unspecified atom stereocenters. The minimum atomic E-state index is -1.36. The van der Waals surface area contributed by atoms with E-state index in [2.05, 4.69) is 15.3 Å². The summed E-state index contributed by atoms with van der Waals surface area (Å²) in [5.41, 5.74) is 8.38. The van der Waals surface area contributed by atoms with Gasteiger partial charge in [-0.15, -0.1) is 0 Å². The maximum Gasteiger partial charge on any atom is 0.417 e. The van der Waals surface area contributed by atoms with Crippen LogP contribution in [0, 0.1) is 5.92 Å². The van der Waals surface area contributed by atoms with E-state index in [1.54, 1.807) is 24.3 Å². The van der Waals surface area contributed by atoms with Crippen molar-refractivity contribution in [2.24, 2.45) is 11.7 Å². The third-order valence-corrected chi connectivity index (χ3v) is 7.92. The molecule has 1 fully saturated rings. The molecule has 3 atom stereocenters. The number of imide groups is 1. The van der Waals surface area contributed by atoms with Gasteiger partial charge in [0.1, 0.15) is 18.9 Å². The Morgan fingerprint density at radius 3 is 2.30 bits per heavy atom. The van der Waals surface area contributed by atoms with E-state index in [-0.39, 0.29) is 19.4 Å². The second-order valence-electron chi connectivity index (χ2n) is 10.8. The maximum absolute atomic E-state index is 13.9. The summed E-state index contributed by atoms with van der Waals surface area (Å²) in [6.45, 7) is -0.113. The van der Waals surface area contributed by atoms with Crippen molar-refractivity contribution in [2.75, 3.05) is 0 Å². The van der Waals surface area contributed by atoms with Crippen molar-refractivity contribution < 1.29 is 28.2 Å². The van der Waals surface area contributed by atoms with Gasteiger partial charge in [0.25, 0.3) is 0 Å². The van der Waals surface area contributed by atoms with E-state index >= 15 is 0 Å². The average Bonchev–Trinajstić information content (AvgIpc) is 3.54. The first-order chi connectivity index (χ1) is 20.9. The predicted octanol–water partition coefficient (Wildman–Crippen LogP) is 4.69. The molecule has 3 amide bonds. The number of nitrogens with two attached hydrogens (primary N) is 1. The Balaban J connectivity index is 1.61. The number of carbonyl (C=O) groups is 3. The highest BCUT2D eigenvalue weighted by Crippen LogP contribution is 2.28. The molecule has 1 aromatic heterocycles. The number of aromatic amines is 1. The number of hydrogen-bond acceptors (Lipinski definition) is 8. The molecule has 1 aliphatic rings. The summed E-state index contributed by atoms with van der Waals surface area (Å²) < 4.78 is 22.4. The van der Waals surface area contributed by atoms with E-state index in [9.17, 15) is 18.9 Å². The van der Waals surface area contributed by atoms with Gasteiger partial charge < -0.3 is 20.8 Å². The summed E-state index contributed by atoms with van der Waals surface area (Å²) in [5, 5.41) is 2.79. The fourth-order valence-electron chi connectivity index (χ4n) is 5.36. The van der Waals surface area contributed by atoms with Crippen molar-refractivity contribution in [3.05, 3.63) is 90.0 Å². The number of amides is 3. The third-order valence-electron chi connectivity index (χ3n) is 7.58. The summed E-state index contributed by atoms with van der Waals surface area (Å²) in [7, 11) is -0.588. The molecule has 1 heterocycles. The number of imidazole rings is 1. The number of hydrogen-bond donors (Lipinski definition) is 3. The van der Waals surface area contributed by atoms with Gasteiger partial charge >= 0.3 is 14.8 Å². The van der Waals surface area contributed by atoms with Crippen LogP contribution in [0.25, 0.3) is 0 Å². The fraction of sp³-hybridized carbons (Fsp3) is 0.419. The Hall–Kier alpha value is -3.92. The predicted molar refractivity (Wildman–Crippen MR) is 159 cm³/mol. The van der Waals surface area contributed by atoms with Gasteiger partial charge in [0.15, 0.2) is 0 Å². The lowest BCUT2D eigenvalue weighted by Crippen LogP contribution is -2.59. The molecule has 0 bridgehead atoms. The molecule has 4 N–H and O–H groups in total. The summed E-state index contributed by atoms with van der Waals surface area (Å²) in [5.74, 6) is -1.15. The van der Waals surface area contributed by atoms with Gasteiger partial charge in [0.05, 0.1) is 12.4 Å². The number of ether oxygens (including phenoxy) is 1. The second-order valence-corrected chi connectivity index (χ2v) is 11.1. The van der Waals surface area contributed by atoms with Crippen LogP contribution in [0.4, 0.5) is 4.79 Å². The minimum absolute atomic E-state index is 0.0820. The summed E-state index contributed by atoms with van der Waals surface area (Å²) in [4.78, 5) is 49.2. The zero-order valence-corrected chi connectivity index (χ0v) is 24.9. The fourth-order valence-corrected chi connectivity index (χ4v) is 5.60. The van der Waals surface area contributed by atoms with E-state index in [1.165, 1.54) is 12.5 Å². The number of H-pyrrole nitrogens is 1. The highest BCUT2D eigenvalue weighted by atomic mass is 31.1. The lowest BCUT2D eigenvalue weighted by atomic mass is 9.86. The highest BCUT2D eigenvalue weighted by Gasteiger charge is 2.40. The highest BCUT2D eigenvalue weighted by molar-refractivity contribution is 7.17. The van der Waals surface area contributed by atoms with E-state index in [0.29, 0.717) is 23.6 Å². The molecule has 0 radical (unpaired) electrons. The minimum Gasteiger partial charge on any atom is -0.444 e. The van der Waals surface area contributed by atoms with Crippen LogP contribution in [0.5, 0.6) is 0 Å². The quantitative estimate of drug-likeness (QED) is 0.176. The molecule has 11 nitrogen and oxygen atoms in total. The lowest BCUT2D eigenvalue weighted by Gasteiger charge is -2.32. The van der Waals surface area contributed by atoms with Crippen molar-refractivity contribution in [3.63, 3.8) is 0 Å². The summed E-state index contributed by atoms with van der Waals surface area (Å²) in [6, 6.07) is 15.7. The van der Waals surface area contributed by atoms with Crippen LogP contribution < -0.4 is 11.1 Å². The molecule has 3 aromatic rings. The van der Waals surface area contributed by atoms with Crippen molar-refractivity contribution in [3.8, 4) is 0 Å². The van der Waals surface area contributed by atoms with E-state index in [0.717, 1.165) is 42.6 Å². The van der Waals surface area contributed by atoms with Crippen LogP contribution >= 0.6 is 8.69 Å². The smallest absolute Gasteiger partial charge is 0.417 e. The Morgan fingerprint density at radius 2 is 1.67 bits per heavy atom. The molecule has 4 rings (SSSR count). The number of nitrogens with one attached hydrogen (secondary N) is 2. The third kappa shape index (κ3) is 9.81. The van der Waals surface area contributed by atoms with Crippen molar-refractivity contribution in [2.45, 2.75) is 76.3 Å². The van der Waals surface area contributed by atoms with Crippen LogP contribution in [0.1, 0.15) is 55.3 Å². The van der Waals surface area contributed by atoms with Crippen molar-refractivity contribution >= 4 is 26.6 Å². The number of benzene rings is 2. The van der Waals surface area contributed by atoms with E-state index in [1.807, 2.05) is 36.4 Å². The van der Waals surface area contributed by atoms with Crippen LogP contribution in [0.15, 0.2) is 73.2 Å². The van der Waals surface area contributed by atoms with Gasteiger partial charge in [-0.05, 0) is 29.9 Å². The molecule has 0 spiro atoms. The van der Waals surface area contributed by atoms with E-state index < -0.39 is 44.9 Å². The van der Waals surface area contributed by atoms with Gasteiger partial charge in [0.2, 0.25) is 11.8 Å². The van der Waals surface area contributed by atoms with Gasteiger partial charge in [-0.25, -0.2) is 19.2 Å². The monoisotopic (exact) mass is 607 g/mol.